The largest absolute Gasteiger partial charge is 0.493 e. The molecule has 1 aliphatic heterocycles. The number of hydrogen-bond acceptors (Lipinski definition) is 5. The molecular formula is C16H24N2O4. The molecule has 1 saturated heterocycles. The van der Waals surface area contributed by atoms with E-state index >= 15 is 0 Å². The molecule has 1 amide bonds. The lowest BCUT2D eigenvalue weighted by Crippen LogP contribution is -2.41. The van der Waals surface area contributed by atoms with Gasteiger partial charge in [-0.05, 0) is 44.0 Å². The Bertz CT molecular complexity index is 502. The molecule has 6 nitrogen and oxygen atoms in total. The summed E-state index contributed by atoms with van der Waals surface area (Å²) in [6.07, 6.45) is 1.92. The minimum absolute atomic E-state index is 0.0266. The Hall–Kier alpha value is -1.95. The Kier molecular flexibility index (Phi) is 5.49. The van der Waals surface area contributed by atoms with Crippen LogP contribution in [0, 0.1) is 0 Å². The zero-order chi connectivity index (χ0) is 16.1. The van der Waals surface area contributed by atoms with E-state index in [4.69, 9.17) is 14.2 Å². The van der Waals surface area contributed by atoms with Crippen LogP contribution in [0.1, 0.15) is 31.4 Å². The predicted molar refractivity (Wildman–Crippen MR) is 83.7 cm³/mol. The van der Waals surface area contributed by atoms with Crippen LogP contribution in [0.15, 0.2) is 12.1 Å². The summed E-state index contributed by atoms with van der Waals surface area (Å²) in [4.78, 5) is 12.2. The second-order valence-corrected chi connectivity index (χ2v) is 5.34. The molecule has 1 aromatic carbocycles. The number of rotatable bonds is 6. The molecule has 0 saturated carbocycles. The van der Waals surface area contributed by atoms with E-state index in [1.165, 1.54) is 0 Å². The van der Waals surface area contributed by atoms with Gasteiger partial charge in [0.25, 0.3) is 0 Å². The van der Waals surface area contributed by atoms with Crippen molar-refractivity contribution in [3.05, 3.63) is 17.7 Å². The van der Waals surface area contributed by atoms with Crippen LogP contribution in [-0.4, -0.2) is 39.8 Å². The predicted octanol–water partition coefficient (Wildman–Crippen LogP) is 1.64. The molecule has 0 aromatic heterocycles. The smallest absolute Gasteiger partial charge is 0.237 e. The zero-order valence-electron chi connectivity index (χ0n) is 13.6. The third-order valence-corrected chi connectivity index (χ3v) is 3.92. The molecule has 0 bridgehead atoms. The summed E-state index contributed by atoms with van der Waals surface area (Å²) in [5.74, 6) is 1.73. The number of methoxy groups -OCH3 is 3. The van der Waals surface area contributed by atoms with Gasteiger partial charge in [-0.3, -0.25) is 4.79 Å². The molecule has 2 atom stereocenters. The molecule has 0 spiro atoms. The molecule has 2 unspecified atom stereocenters. The molecule has 1 heterocycles. The van der Waals surface area contributed by atoms with Crippen molar-refractivity contribution in [3.63, 3.8) is 0 Å². The van der Waals surface area contributed by atoms with E-state index < -0.39 is 0 Å². The van der Waals surface area contributed by atoms with Crippen LogP contribution in [0.25, 0.3) is 0 Å². The van der Waals surface area contributed by atoms with E-state index in [0.29, 0.717) is 17.2 Å². The van der Waals surface area contributed by atoms with Crippen LogP contribution in [-0.2, 0) is 4.79 Å². The van der Waals surface area contributed by atoms with Gasteiger partial charge in [0.05, 0.1) is 33.4 Å². The highest BCUT2D eigenvalue weighted by molar-refractivity contribution is 5.82. The van der Waals surface area contributed by atoms with E-state index in [1.54, 1.807) is 21.3 Å². The lowest BCUT2D eigenvalue weighted by molar-refractivity contribution is -0.123. The molecule has 1 fully saturated rings. The number of carbonyl (C=O) groups is 1. The SMILES string of the molecule is COc1cc(C(C)NC(=O)C2CCCN2)cc(OC)c1OC. The summed E-state index contributed by atoms with van der Waals surface area (Å²) >= 11 is 0. The first-order valence-corrected chi connectivity index (χ1v) is 7.44. The molecule has 122 valence electrons. The molecule has 6 heteroatoms. The highest BCUT2D eigenvalue weighted by Gasteiger charge is 2.24. The molecule has 0 radical (unpaired) electrons. The van der Waals surface area contributed by atoms with Gasteiger partial charge in [0, 0.05) is 0 Å². The molecule has 2 N–H and O–H groups in total. The summed E-state index contributed by atoms with van der Waals surface area (Å²) < 4.78 is 16.0. The van der Waals surface area contributed by atoms with Crippen molar-refractivity contribution in [2.75, 3.05) is 27.9 Å². The van der Waals surface area contributed by atoms with Gasteiger partial charge in [-0.15, -0.1) is 0 Å². The molecular weight excluding hydrogens is 284 g/mol. The fraction of sp³-hybridized carbons (Fsp3) is 0.562. The Balaban J connectivity index is 2.17. The minimum atomic E-state index is -0.149. The maximum absolute atomic E-state index is 12.2. The van der Waals surface area contributed by atoms with Crippen molar-refractivity contribution >= 4 is 5.91 Å². The van der Waals surface area contributed by atoms with E-state index in [-0.39, 0.29) is 18.0 Å². The Morgan fingerprint density at radius 3 is 2.32 bits per heavy atom. The average molecular weight is 308 g/mol. The van der Waals surface area contributed by atoms with E-state index in [2.05, 4.69) is 10.6 Å². The van der Waals surface area contributed by atoms with E-state index in [9.17, 15) is 4.79 Å². The number of carbonyl (C=O) groups excluding carboxylic acids is 1. The van der Waals surface area contributed by atoms with Crippen LogP contribution in [0.2, 0.25) is 0 Å². The van der Waals surface area contributed by atoms with Crippen molar-refractivity contribution in [1.82, 2.24) is 10.6 Å². The second-order valence-electron chi connectivity index (χ2n) is 5.34. The lowest BCUT2D eigenvalue weighted by atomic mass is 10.1. The second kappa shape index (κ2) is 7.35. The van der Waals surface area contributed by atoms with Crippen molar-refractivity contribution < 1.29 is 19.0 Å². The van der Waals surface area contributed by atoms with Gasteiger partial charge in [0.15, 0.2) is 11.5 Å². The quantitative estimate of drug-likeness (QED) is 0.836. The number of benzene rings is 1. The van der Waals surface area contributed by atoms with Crippen LogP contribution < -0.4 is 24.8 Å². The van der Waals surface area contributed by atoms with Crippen LogP contribution >= 0.6 is 0 Å². The maximum Gasteiger partial charge on any atom is 0.237 e. The van der Waals surface area contributed by atoms with Crippen LogP contribution in [0.3, 0.4) is 0 Å². The average Bonchev–Trinajstić information content (AvgIpc) is 3.07. The normalized spacial score (nSPS) is 18.6. The van der Waals surface area contributed by atoms with Gasteiger partial charge in [0.2, 0.25) is 11.7 Å². The minimum Gasteiger partial charge on any atom is -0.493 e. The highest BCUT2D eigenvalue weighted by Crippen LogP contribution is 2.39. The Morgan fingerprint density at radius 1 is 1.23 bits per heavy atom. The van der Waals surface area contributed by atoms with E-state index in [1.807, 2.05) is 19.1 Å². The van der Waals surface area contributed by atoms with E-state index in [0.717, 1.165) is 24.9 Å². The number of amides is 1. The van der Waals surface area contributed by atoms with Crippen LogP contribution in [0.5, 0.6) is 17.2 Å². The van der Waals surface area contributed by atoms with Crippen molar-refractivity contribution in [3.8, 4) is 17.2 Å². The van der Waals surface area contributed by atoms with Gasteiger partial charge in [-0.1, -0.05) is 0 Å². The Labute approximate surface area is 131 Å². The third kappa shape index (κ3) is 3.44. The monoisotopic (exact) mass is 308 g/mol. The first kappa shape index (κ1) is 16.4. The van der Waals surface area contributed by atoms with Crippen molar-refractivity contribution in [2.24, 2.45) is 0 Å². The van der Waals surface area contributed by atoms with Gasteiger partial charge in [-0.2, -0.15) is 0 Å². The summed E-state index contributed by atoms with van der Waals surface area (Å²) in [7, 11) is 4.72. The summed E-state index contributed by atoms with van der Waals surface area (Å²) in [6, 6.07) is 3.47. The first-order chi connectivity index (χ1) is 10.6. The van der Waals surface area contributed by atoms with Crippen LogP contribution in [0.4, 0.5) is 0 Å². The third-order valence-electron chi connectivity index (χ3n) is 3.92. The fourth-order valence-electron chi connectivity index (χ4n) is 2.66. The van der Waals surface area contributed by atoms with Crippen molar-refractivity contribution in [2.45, 2.75) is 31.8 Å². The lowest BCUT2D eigenvalue weighted by Gasteiger charge is -2.20. The van der Waals surface area contributed by atoms with Gasteiger partial charge in [0.1, 0.15) is 0 Å². The Morgan fingerprint density at radius 2 is 1.86 bits per heavy atom. The number of hydrogen-bond donors (Lipinski definition) is 2. The molecule has 22 heavy (non-hydrogen) atoms. The summed E-state index contributed by atoms with van der Waals surface area (Å²) in [6.45, 7) is 2.84. The maximum atomic E-state index is 12.2. The highest BCUT2D eigenvalue weighted by atomic mass is 16.5. The molecule has 0 aliphatic carbocycles. The van der Waals surface area contributed by atoms with Gasteiger partial charge in [-0.25, -0.2) is 0 Å². The topological polar surface area (TPSA) is 68.8 Å². The number of ether oxygens (including phenoxy) is 3. The standard InChI is InChI=1S/C16H24N2O4/c1-10(18-16(19)12-6-5-7-17-12)11-8-13(20-2)15(22-4)14(9-11)21-3/h8-10,12,17H,5-7H2,1-4H3,(H,18,19). The van der Waals surface area contributed by atoms with Gasteiger partial charge >= 0.3 is 0 Å². The first-order valence-electron chi connectivity index (χ1n) is 7.44. The molecule has 1 aromatic rings. The zero-order valence-corrected chi connectivity index (χ0v) is 13.6. The number of nitrogens with one attached hydrogen (secondary N) is 2. The molecule has 2 rings (SSSR count). The fourth-order valence-corrected chi connectivity index (χ4v) is 2.66. The summed E-state index contributed by atoms with van der Waals surface area (Å²) in [5.41, 5.74) is 0.904. The van der Waals surface area contributed by atoms with Crippen molar-refractivity contribution in [1.29, 1.82) is 0 Å². The summed E-state index contributed by atoms with van der Waals surface area (Å²) in [5, 5.41) is 6.22. The van der Waals surface area contributed by atoms with Gasteiger partial charge < -0.3 is 24.8 Å². The molecule has 1 aliphatic rings.